The molecular formula is C39H75N5O2. The molecule has 0 aromatic carbocycles. The van der Waals surface area contributed by atoms with Gasteiger partial charge >= 0.3 is 0 Å². The molecule has 4 rings (SSSR count). The van der Waals surface area contributed by atoms with Gasteiger partial charge in [0, 0.05) is 24.5 Å². The predicted octanol–water partition coefficient (Wildman–Crippen LogP) is 5.94. The number of carbonyl (C=O) groups is 1. The van der Waals surface area contributed by atoms with Crippen LogP contribution in [0.25, 0.3) is 0 Å². The number of aliphatic hydroxyl groups is 1. The second-order valence-electron chi connectivity index (χ2n) is 17.3. The number of amides is 1. The Bertz CT molecular complexity index is 922. The molecule has 268 valence electrons. The highest BCUT2D eigenvalue weighted by Crippen LogP contribution is 2.68. The van der Waals surface area contributed by atoms with E-state index in [1.165, 1.54) is 57.8 Å². The third-order valence-electron chi connectivity index (χ3n) is 13.9. The Labute approximate surface area is 283 Å². The van der Waals surface area contributed by atoms with Crippen molar-refractivity contribution in [2.75, 3.05) is 39.3 Å². The van der Waals surface area contributed by atoms with Crippen molar-refractivity contribution in [3.05, 3.63) is 0 Å². The molecule has 7 heteroatoms. The van der Waals surface area contributed by atoms with E-state index in [2.05, 4.69) is 69.3 Å². The second-order valence-corrected chi connectivity index (χ2v) is 17.3. The minimum Gasteiger partial charge on any atom is -0.393 e. The van der Waals surface area contributed by atoms with Crippen LogP contribution in [0.1, 0.15) is 132 Å². The highest BCUT2D eigenvalue weighted by atomic mass is 16.3. The maximum absolute atomic E-state index is 13.2. The summed E-state index contributed by atoms with van der Waals surface area (Å²) in [4.78, 5) is 15.2. The summed E-state index contributed by atoms with van der Waals surface area (Å²) >= 11 is 0. The fraction of sp³-hybridized carbons (Fsp3) is 0.974. The van der Waals surface area contributed by atoms with E-state index in [1.54, 1.807) is 0 Å². The summed E-state index contributed by atoms with van der Waals surface area (Å²) in [6, 6.07) is 1.11. The molecular weight excluding hydrogens is 570 g/mol. The zero-order chi connectivity index (χ0) is 33.5. The Morgan fingerprint density at radius 2 is 1.43 bits per heavy atom. The van der Waals surface area contributed by atoms with Gasteiger partial charge in [0.15, 0.2) is 0 Å². The van der Waals surface area contributed by atoms with Gasteiger partial charge in [-0.3, -0.25) is 4.79 Å². The summed E-state index contributed by atoms with van der Waals surface area (Å²) in [5.41, 5.74) is 6.22. The van der Waals surface area contributed by atoms with Gasteiger partial charge in [-0.15, -0.1) is 0 Å². The number of carbonyl (C=O) groups excluding carboxylic acids is 1. The van der Waals surface area contributed by atoms with Crippen molar-refractivity contribution >= 4 is 5.91 Å². The summed E-state index contributed by atoms with van der Waals surface area (Å²) in [5.74, 6) is 3.94. The molecule has 1 amide bonds. The molecule has 4 fully saturated rings. The van der Waals surface area contributed by atoms with Crippen LogP contribution in [0.4, 0.5) is 0 Å². The lowest BCUT2D eigenvalue weighted by atomic mass is 9.43. The number of hydrogen-bond donors (Lipinski definition) is 5. The highest BCUT2D eigenvalue weighted by Gasteiger charge is 2.62. The molecule has 46 heavy (non-hydrogen) atoms. The summed E-state index contributed by atoms with van der Waals surface area (Å²) in [7, 11) is 0. The minimum atomic E-state index is -0.151. The SMILES string of the molecule is CC(C)N(C(=O)CC[C@@H](C)C1CCC2C3C(CC[C@@]21C)[C@@]1(C)CC[C@H](NCCCNCCCNCCCN)CC1C[C@H]3O)C(C)C. The largest absolute Gasteiger partial charge is 0.393 e. The molecule has 4 aliphatic carbocycles. The molecule has 0 spiro atoms. The molecule has 0 aromatic rings. The van der Waals surface area contributed by atoms with E-state index in [9.17, 15) is 9.90 Å². The van der Waals surface area contributed by atoms with E-state index in [0.717, 1.165) is 58.5 Å². The van der Waals surface area contributed by atoms with Crippen LogP contribution in [0, 0.1) is 46.3 Å². The molecule has 0 radical (unpaired) electrons. The van der Waals surface area contributed by atoms with Crippen molar-refractivity contribution < 1.29 is 9.90 Å². The Kier molecular flexibility index (Phi) is 14.3. The average molecular weight is 646 g/mol. The highest BCUT2D eigenvalue weighted by molar-refractivity contribution is 5.76. The molecule has 5 unspecified atom stereocenters. The molecule has 0 aliphatic heterocycles. The van der Waals surface area contributed by atoms with Gasteiger partial charge in [-0.1, -0.05) is 20.8 Å². The first-order valence-electron chi connectivity index (χ1n) is 19.8. The van der Waals surface area contributed by atoms with Crippen LogP contribution in [0.3, 0.4) is 0 Å². The number of hydrogen-bond acceptors (Lipinski definition) is 6. The molecule has 0 saturated heterocycles. The number of aliphatic hydroxyl groups excluding tert-OH is 1. The van der Waals surface area contributed by atoms with E-state index in [1.807, 2.05) is 0 Å². The van der Waals surface area contributed by atoms with Crippen molar-refractivity contribution in [1.82, 2.24) is 20.9 Å². The van der Waals surface area contributed by atoms with Crippen molar-refractivity contribution in [3.63, 3.8) is 0 Å². The van der Waals surface area contributed by atoms with Gasteiger partial charge in [0.1, 0.15) is 0 Å². The van der Waals surface area contributed by atoms with Crippen molar-refractivity contribution in [2.45, 2.75) is 156 Å². The topological polar surface area (TPSA) is 103 Å². The van der Waals surface area contributed by atoms with Crippen LogP contribution in [0.15, 0.2) is 0 Å². The standard InChI is InChI=1S/C39H75N5O2/c1-27(2)44(28(3)4)36(46)14-11-29(5)32-12-13-33-37-34(16-18-39(32,33)7)38(6)17-15-31(25-30(38)26-35(37)45)43-24-10-23-42-22-9-21-41-20-8-19-40/h27-35,37,41-43,45H,8-26,40H2,1-7H3/t29-,30?,31+,32?,33?,34?,35-,37?,38+,39-/m1/s1. The Hall–Kier alpha value is -0.730. The van der Waals surface area contributed by atoms with Crippen molar-refractivity contribution in [1.29, 1.82) is 0 Å². The van der Waals surface area contributed by atoms with Gasteiger partial charge in [-0.2, -0.15) is 0 Å². The summed E-state index contributed by atoms with van der Waals surface area (Å²) in [6.07, 6.45) is 14.9. The van der Waals surface area contributed by atoms with Crippen molar-refractivity contribution in [3.8, 4) is 0 Å². The maximum atomic E-state index is 13.2. The van der Waals surface area contributed by atoms with E-state index < -0.39 is 0 Å². The summed E-state index contributed by atoms with van der Waals surface area (Å²) in [5, 5.41) is 22.8. The smallest absolute Gasteiger partial charge is 0.223 e. The summed E-state index contributed by atoms with van der Waals surface area (Å²) in [6.45, 7) is 22.3. The molecule has 0 aromatic heterocycles. The quantitative estimate of drug-likeness (QED) is 0.118. The first-order valence-corrected chi connectivity index (χ1v) is 19.8. The first kappa shape index (κ1) is 38.1. The zero-order valence-corrected chi connectivity index (χ0v) is 31.1. The molecule has 0 bridgehead atoms. The normalized spacial score (nSPS) is 36.4. The van der Waals surface area contributed by atoms with Gasteiger partial charge in [0.05, 0.1) is 6.10 Å². The van der Waals surface area contributed by atoms with Crippen LogP contribution >= 0.6 is 0 Å². The molecule has 0 heterocycles. The predicted molar refractivity (Wildman–Crippen MR) is 193 cm³/mol. The van der Waals surface area contributed by atoms with Gasteiger partial charge < -0.3 is 31.7 Å². The number of fused-ring (bicyclic) bond motifs is 5. The average Bonchev–Trinajstić information content (AvgIpc) is 3.36. The lowest BCUT2D eigenvalue weighted by molar-refractivity contribution is -0.167. The van der Waals surface area contributed by atoms with Gasteiger partial charge in [-0.25, -0.2) is 0 Å². The van der Waals surface area contributed by atoms with Gasteiger partial charge in [0.2, 0.25) is 5.91 Å². The lowest BCUT2D eigenvalue weighted by Gasteiger charge is -2.62. The monoisotopic (exact) mass is 646 g/mol. The van der Waals surface area contributed by atoms with Gasteiger partial charge in [0.25, 0.3) is 0 Å². The minimum absolute atomic E-state index is 0.151. The third-order valence-corrected chi connectivity index (χ3v) is 13.9. The van der Waals surface area contributed by atoms with E-state index in [-0.39, 0.29) is 18.2 Å². The molecule has 10 atom stereocenters. The lowest BCUT2D eigenvalue weighted by Crippen LogP contribution is -2.59. The third kappa shape index (κ3) is 8.70. The number of nitrogens with one attached hydrogen (secondary N) is 3. The maximum Gasteiger partial charge on any atom is 0.223 e. The molecule has 4 saturated carbocycles. The number of rotatable bonds is 18. The van der Waals surface area contributed by atoms with Gasteiger partial charge in [-0.05, 0) is 190 Å². The van der Waals surface area contributed by atoms with Crippen LogP contribution in [-0.4, -0.2) is 79.4 Å². The Balaban J connectivity index is 1.24. The first-order chi connectivity index (χ1) is 21.9. The Morgan fingerprint density at radius 3 is 2.09 bits per heavy atom. The van der Waals surface area contributed by atoms with E-state index in [4.69, 9.17) is 5.73 Å². The van der Waals surface area contributed by atoms with E-state index in [0.29, 0.717) is 64.7 Å². The van der Waals surface area contributed by atoms with E-state index >= 15 is 0 Å². The van der Waals surface area contributed by atoms with Crippen molar-refractivity contribution in [2.24, 2.45) is 52.1 Å². The number of nitrogens with two attached hydrogens (primary N) is 1. The van der Waals surface area contributed by atoms with Crippen LogP contribution in [-0.2, 0) is 4.79 Å². The van der Waals surface area contributed by atoms with Crippen LogP contribution in [0.2, 0.25) is 0 Å². The summed E-state index contributed by atoms with van der Waals surface area (Å²) < 4.78 is 0. The second kappa shape index (κ2) is 17.3. The van der Waals surface area contributed by atoms with Crippen LogP contribution < -0.4 is 21.7 Å². The number of nitrogens with zero attached hydrogens (tertiary/aromatic N) is 1. The van der Waals surface area contributed by atoms with Crippen LogP contribution in [0.5, 0.6) is 0 Å². The fourth-order valence-electron chi connectivity index (χ4n) is 11.6. The fourth-order valence-corrected chi connectivity index (χ4v) is 11.6. The molecule has 6 N–H and O–H groups in total. The molecule has 7 nitrogen and oxygen atoms in total. The molecule has 4 aliphatic rings. The zero-order valence-electron chi connectivity index (χ0n) is 31.1. The Morgan fingerprint density at radius 1 is 0.826 bits per heavy atom.